The molecule has 0 bridgehead atoms. The Morgan fingerprint density at radius 1 is 1.07 bits per heavy atom. The summed E-state index contributed by atoms with van der Waals surface area (Å²) in [6, 6.07) is 9.41. The predicted molar refractivity (Wildman–Crippen MR) is 99.8 cm³/mol. The number of anilines is 1. The number of alkyl halides is 3. The van der Waals surface area contributed by atoms with Gasteiger partial charge in [0.25, 0.3) is 5.91 Å². The maximum atomic E-state index is 13.7. The number of benzene rings is 2. The molecule has 0 unspecified atom stereocenters. The highest BCUT2D eigenvalue weighted by Crippen LogP contribution is 2.32. The van der Waals surface area contributed by atoms with E-state index in [1.165, 1.54) is 18.2 Å². The molecule has 0 aliphatic carbocycles. The van der Waals surface area contributed by atoms with Crippen LogP contribution in [-0.2, 0) is 11.0 Å². The van der Waals surface area contributed by atoms with Gasteiger partial charge < -0.3 is 14.5 Å². The molecule has 1 heterocycles. The highest BCUT2D eigenvalue weighted by molar-refractivity contribution is 9.10. The van der Waals surface area contributed by atoms with E-state index in [-0.39, 0.29) is 18.3 Å². The van der Waals surface area contributed by atoms with Crippen molar-refractivity contribution in [2.24, 2.45) is 0 Å². The van der Waals surface area contributed by atoms with Gasteiger partial charge in [0.1, 0.15) is 0 Å². The summed E-state index contributed by atoms with van der Waals surface area (Å²) in [5.41, 5.74) is -0.233. The number of hydrogen-bond acceptors (Lipinski definition) is 3. The number of nitrogens with zero attached hydrogens (tertiary/aromatic N) is 2. The van der Waals surface area contributed by atoms with E-state index in [0.29, 0.717) is 36.3 Å². The van der Waals surface area contributed by atoms with E-state index in [4.69, 9.17) is 4.74 Å². The zero-order chi connectivity index (χ0) is 20.3. The fourth-order valence-electron chi connectivity index (χ4n) is 2.92. The number of rotatable bonds is 4. The molecule has 150 valence electrons. The number of carbonyl (C=O) groups is 1. The lowest BCUT2D eigenvalue weighted by Gasteiger charge is -2.36. The van der Waals surface area contributed by atoms with Gasteiger partial charge in [-0.2, -0.15) is 13.2 Å². The molecule has 1 amide bonds. The van der Waals surface area contributed by atoms with Crippen LogP contribution in [-0.4, -0.2) is 43.6 Å². The summed E-state index contributed by atoms with van der Waals surface area (Å²) >= 11 is 3.14. The normalized spacial score (nSPS) is 14.9. The third-order valence-corrected chi connectivity index (χ3v) is 4.91. The molecule has 0 N–H and O–H groups in total. The first kappa shape index (κ1) is 20.4. The first-order valence-corrected chi connectivity index (χ1v) is 9.31. The standard InChI is InChI=1S/C19H17BrF4N2O2/c20-14-4-5-17(16(21)11-14)28-12-18(27)26-8-6-25(7-9-26)15-3-1-2-13(10-15)19(22,23)24/h1-5,10-11H,6-9,12H2. The van der Waals surface area contributed by atoms with Gasteiger partial charge >= 0.3 is 6.18 Å². The zero-order valence-corrected chi connectivity index (χ0v) is 16.3. The van der Waals surface area contributed by atoms with E-state index in [2.05, 4.69) is 15.9 Å². The maximum absolute atomic E-state index is 13.7. The summed E-state index contributed by atoms with van der Waals surface area (Å²) in [5, 5.41) is 0. The monoisotopic (exact) mass is 460 g/mol. The van der Waals surface area contributed by atoms with Gasteiger partial charge in [-0.15, -0.1) is 0 Å². The lowest BCUT2D eigenvalue weighted by molar-refractivity contribution is -0.137. The average Bonchev–Trinajstić information content (AvgIpc) is 2.67. The lowest BCUT2D eigenvalue weighted by atomic mass is 10.1. The molecule has 2 aromatic rings. The first-order chi connectivity index (χ1) is 13.2. The molecular formula is C19H17BrF4N2O2. The minimum atomic E-state index is -4.40. The van der Waals surface area contributed by atoms with Gasteiger partial charge in [-0.25, -0.2) is 4.39 Å². The molecule has 0 saturated carbocycles. The molecule has 0 atom stereocenters. The number of carbonyl (C=O) groups excluding carboxylic acids is 1. The third-order valence-electron chi connectivity index (χ3n) is 4.42. The van der Waals surface area contributed by atoms with Crippen LogP contribution >= 0.6 is 15.9 Å². The molecule has 1 saturated heterocycles. The van der Waals surface area contributed by atoms with Crippen LogP contribution in [0, 0.1) is 5.82 Å². The largest absolute Gasteiger partial charge is 0.481 e. The Labute approximate surface area is 167 Å². The minimum Gasteiger partial charge on any atom is -0.481 e. The Kier molecular flexibility index (Phi) is 6.12. The molecule has 4 nitrogen and oxygen atoms in total. The van der Waals surface area contributed by atoms with E-state index < -0.39 is 17.6 Å². The Morgan fingerprint density at radius 3 is 2.43 bits per heavy atom. The predicted octanol–water partition coefficient (Wildman–Crippen LogP) is 4.33. The van der Waals surface area contributed by atoms with Crippen molar-refractivity contribution in [2.45, 2.75) is 6.18 Å². The second-order valence-electron chi connectivity index (χ2n) is 6.28. The summed E-state index contributed by atoms with van der Waals surface area (Å²) in [6.45, 7) is 1.20. The highest BCUT2D eigenvalue weighted by Gasteiger charge is 2.31. The van der Waals surface area contributed by atoms with Gasteiger partial charge in [-0.05, 0) is 36.4 Å². The van der Waals surface area contributed by atoms with Gasteiger partial charge in [0.15, 0.2) is 18.2 Å². The van der Waals surface area contributed by atoms with Crippen LogP contribution < -0.4 is 9.64 Å². The summed E-state index contributed by atoms with van der Waals surface area (Å²) in [6.07, 6.45) is -4.40. The van der Waals surface area contributed by atoms with Crippen molar-refractivity contribution in [2.75, 3.05) is 37.7 Å². The minimum absolute atomic E-state index is 0.0147. The molecule has 9 heteroatoms. The Morgan fingerprint density at radius 2 is 1.79 bits per heavy atom. The molecular weight excluding hydrogens is 444 g/mol. The summed E-state index contributed by atoms with van der Waals surface area (Å²) in [4.78, 5) is 15.6. The van der Waals surface area contributed by atoms with Gasteiger partial charge in [0.2, 0.25) is 0 Å². The van der Waals surface area contributed by atoms with Crippen LogP contribution in [0.5, 0.6) is 5.75 Å². The zero-order valence-electron chi connectivity index (χ0n) is 14.7. The van der Waals surface area contributed by atoms with Crippen LogP contribution in [0.2, 0.25) is 0 Å². The molecule has 0 spiro atoms. The molecule has 0 aromatic heterocycles. The molecule has 3 rings (SSSR count). The second-order valence-corrected chi connectivity index (χ2v) is 7.20. The van der Waals surface area contributed by atoms with Crippen LogP contribution in [0.25, 0.3) is 0 Å². The van der Waals surface area contributed by atoms with Gasteiger partial charge in [0.05, 0.1) is 5.56 Å². The van der Waals surface area contributed by atoms with Gasteiger partial charge in [-0.3, -0.25) is 4.79 Å². The lowest BCUT2D eigenvalue weighted by Crippen LogP contribution is -2.50. The van der Waals surface area contributed by atoms with Crippen LogP contribution in [0.3, 0.4) is 0 Å². The van der Waals surface area contributed by atoms with Crippen molar-refractivity contribution >= 4 is 27.5 Å². The smallest absolute Gasteiger partial charge is 0.416 e. The molecule has 2 aromatic carbocycles. The third kappa shape index (κ3) is 4.95. The van der Waals surface area contributed by atoms with Crippen molar-refractivity contribution in [3.63, 3.8) is 0 Å². The average molecular weight is 461 g/mol. The number of hydrogen-bond donors (Lipinski definition) is 0. The fraction of sp³-hybridized carbons (Fsp3) is 0.316. The van der Waals surface area contributed by atoms with Crippen molar-refractivity contribution < 1.29 is 27.1 Å². The maximum Gasteiger partial charge on any atom is 0.416 e. The number of halogens is 5. The van der Waals surface area contributed by atoms with E-state index in [1.807, 2.05) is 0 Å². The van der Waals surface area contributed by atoms with Crippen molar-refractivity contribution in [1.82, 2.24) is 4.90 Å². The van der Waals surface area contributed by atoms with Crippen LogP contribution in [0.15, 0.2) is 46.9 Å². The topological polar surface area (TPSA) is 32.8 Å². The van der Waals surface area contributed by atoms with Gasteiger partial charge in [0, 0.05) is 36.3 Å². The first-order valence-electron chi connectivity index (χ1n) is 8.52. The van der Waals surface area contributed by atoms with Gasteiger partial charge in [-0.1, -0.05) is 22.0 Å². The van der Waals surface area contributed by atoms with E-state index in [9.17, 15) is 22.4 Å². The summed E-state index contributed by atoms with van der Waals surface area (Å²) in [7, 11) is 0. The van der Waals surface area contributed by atoms with Crippen LogP contribution in [0.4, 0.5) is 23.2 Å². The van der Waals surface area contributed by atoms with E-state index in [1.54, 1.807) is 21.9 Å². The highest BCUT2D eigenvalue weighted by atomic mass is 79.9. The quantitative estimate of drug-likeness (QED) is 0.636. The fourth-order valence-corrected chi connectivity index (χ4v) is 3.25. The molecule has 28 heavy (non-hydrogen) atoms. The van der Waals surface area contributed by atoms with Crippen molar-refractivity contribution in [3.05, 3.63) is 58.3 Å². The summed E-state index contributed by atoms with van der Waals surface area (Å²) in [5.74, 6) is -0.887. The van der Waals surface area contributed by atoms with Crippen molar-refractivity contribution in [3.8, 4) is 5.75 Å². The Hall–Kier alpha value is -2.29. The Balaban J connectivity index is 1.54. The molecule has 1 aliphatic rings. The number of piperazine rings is 1. The molecule has 0 radical (unpaired) electrons. The van der Waals surface area contributed by atoms with E-state index in [0.717, 1.165) is 12.1 Å². The second kappa shape index (κ2) is 8.38. The van der Waals surface area contributed by atoms with E-state index >= 15 is 0 Å². The number of ether oxygens (including phenoxy) is 1. The molecule has 1 fully saturated rings. The SMILES string of the molecule is O=C(COc1ccc(Br)cc1F)N1CCN(c2cccc(C(F)(F)F)c2)CC1. The number of amides is 1. The summed E-state index contributed by atoms with van der Waals surface area (Å²) < 4.78 is 58.1. The van der Waals surface area contributed by atoms with Crippen LogP contribution in [0.1, 0.15) is 5.56 Å². The molecule has 1 aliphatic heterocycles. The van der Waals surface area contributed by atoms with Crippen molar-refractivity contribution in [1.29, 1.82) is 0 Å². The Bertz CT molecular complexity index is 852.